The van der Waals surface area contributed by atoms with Gasteiger partial charge >= 0.3 is 0 Å². The Labute approximate surface area is 345 Å². The van der Waals surface area contributed by atoms with Crippen molar-refractivity contribution in [3.05, 3.63) is 229 Å². The van der Waals surface area contributed by atoms with Crippen LogP contribution in [-0.4, -0.2) is 4.57 Å². The molecule has 1 aliphatic rings. The molecule has 0 saturated carbocycles. The van der Waals surface area contributed by atoms with Crippen LogP contribution in [0.25, 0.3) is 72.7 Å². The van der Waals surface area contributed by atoms with Crippen molar-refractivity contribution in [3.8, 4) is 27.9 Å². The van der Waals surface area contributed by atoms with Gasteiger partial charge in [0.1, 0.15) is 0 Å². The minimum Gasteiger partial charge on any atom is -0.311 e. The Morgan fingerprint density at radius 3 is 1.75 bits per heavy atom. The highest BCUT2D eigenvalue weighted by atomic mass is 15.1. The molecular formula is C57H42N2. The Kier molecular flexibility index (Phi) is 8.20. The van der Waals surface area contributed by atoms with Crippen molar-refractivity contribution in [1.29, 1.82) is 0 Å². The first-order valence-electron chi connectivity index (χ1n) is 20.5. The van der Waals surface area contributed by atoms with Gasteiger partial charge in [-0.25, -0.2) is 0 Å². The maximum absolute atomic E-state index is 2.48. The van der Waals surface area contributed by atoms with Crippen molar-refractivity contribution in [2.24, 2.45) is 0 Å². The summed E-state index contributed by atoms with van der Waals surface area (Å²) < 4.78 is 2.48. The van der Waals surface area contributed by atoms with Crippen LogP contribution in [0.5, 0.6) is 0 Å². The monoisotopic (exact) mass is 754 g/mol. The molecule has 0 aliphatic heterocycles. The van der Waals surface area contributed by atoms with E-state index in [4.69, 9.17) is 0 Å². The summed E-state index contributed by atoms with van der Waals surface area (Å²) in [5, 5.41) is 5.07. The molecule has 2 nitrogen and oxygen atoms in total. The standard InChI is InChI=1S/C57H42N2/c1-57(2)53-38-44(30-33-49(53)51-34-35-52-50-20-12-13-21-54(50)59(56(52)55(51)57)47-18-10-5-11-19-47)43-29-28-41-36-40(24-27-42(41)37-43)23-22-39-25-31-48(32-26-39)58(45-14-6-3-7-15-45)46-16-8-4-9-17-46/h3-38H,1-2H3/b23-22+. The van der Waals surface area contributed by atoms with Crippen LogP contribution in [0.4, 0.5) is 17.1 Å². The van der Waals surface area contributed by atoms with E-state index in [1.165, 1.54) is 77.2 Å². The predicted molar refractivity (Wildman–Crippen MR) is 251 cm³/mol. The molecule has 10 aromatic rings. The summed E-state index contributed by atoms with van der Waals surface area (Å²) in [6.07, 6.45) is 4.41. The van der Waals surface area contributed by atoms with Crippen LogP contribution < -0.4 is 4.90 Å². The summed E-state index contributed by atoms with van der Waals surface area (Å²) in [7, 11) is 0. The van der Waals surface area contributed by atoms with Gasteiger partial charge in [0, 0.05) is 38.9 Å². The number of para-hydroxylation sites is 4. The lowest BCUT2D eigenvalue weighted by atomic mass is 9.80. The highest BCUT2D eigenvalue weighted by Gasteiger charge is 2.39. The van der Waals surface area contributed by atoms with Gasteiger partial charge in [-0.1, -0.05) is 159 Å². The molecule has 2 heteroatoms. The number of benzene rings is 9. The molecule has 59 heavy (non-hydrogen) atoms. The van der Waals surface area contributed by atoms with Crippen LogP contribution in [-0.2, 0) is 5.41 Å². The number of hydrogen-bond acceptors (Lipinski definition) is 1. The molecule has 0 N–H and O–H groups in total. The SMILES string of the molecule is CC1(C)c2cc(-c3ccc4cc(/C=C/c5ccc(N(c6ccccc6)c6ccccc6)cc5)ccc4c3)ccc2-c2ccc3c4ccccc4n(-c4ccccc4)c3c21. The van der Waals surface area contributed by atoms with E-state index in [1.54, 1.807) is 0 Å². The van der Waals surface area contributed by atoms with E-state index in [2.05, 4.69) is 242 Å². The fourth-order valence-electron chi connectivity index (χ4n) is 9.45. The molecule has 0 radical (unpaired) electrons. The van der Waals surface area contributed by atoms with Crippen LogP contribution >= 0.6 is 0 Å². The van der Waals surface area contributed by atoms with E-state index in [0.29, 0.717) is 0 Å². The van der Waals surface area contributed by atoms with Gasteiger partial charge in [0.25, 0.3) is 0 Å². The lowest BCUT2D eigenvalue weighted by molar-refractivity contribution is 0.664. The normalized spacial score (nSPS) is 13.0. The molecule has 0 bridgehead atoms. The molecule has 280 valence electrons. The highest BCUT2D eigenvalue weighted by molar-refractivity contribution is 6.13. The van der Waals surface area contributed by atoms with Gasteiger partial charge in [0.05, 0.1) is 11.0 Å². The fourth-order valence-corrected chi connectivity index (χ4v) is 9.45. The molecule has 11 rings (SSSR count). The second-order valence-corrected chi connectivity index (χ2v) is 16.2. The Morgan fingerprint density at radius 2 is 1.00 bits per heavy atom. The first-order chi connectivity index (χ1) is 29.0. The van der Waals surface area contributed by atoms with E-state index >= 15 is 0 Å². The minimum atomic E-state index is -0.192. The van der Waals surface area contributed by atoms with Crippen LogP contribution in [0.2, 0.25) is 0 Å². The van der Waals surface area contributed by atoms with Gasteiger partial charge in [-0.15, -0.1) is 0 Å². The van der Waals surface area contributed by atoms with Crippen LogP contribution in [0.1, 0.15) is 36.1 Å². The first-order valence-corrected chi connectivity index (χ1v) is 20.5. The maximum Gasteiger partial charge on any atom is 0.0588 e. The number of nitrogens with zero attached hydrogens (tertiary/aromatic N) is 2. The molecule has 1 aromatic heterocycles. The Bertz CT molecular complexity index is 3170. The zero-order valence-corrected chi connectivity index (χ0v) is 33.2. The maximum atomic E-state index is 2.48. The van der Waals surface area contributed by atoms with Gasteiger partial charge in [-0.3, -0.25) is 0 Å². The van der Waals surface area contributed by atoms with Gasteiger partial charge in [-0.2, -0.15) is 0 Å². The van der Waals surface area contributed by atoms with Crippen LogP contribution in [0, 0.1) is 0 Å². The minimum absolute atomic E-state index is 0.192. The summed E-state index contributed by atoms with van der Waals surface area (Å²) in [6, 6.07) is 75.0. The lowest BCUT2D eigenvalue weighted by Crippen LogP contribution is -2.16. The average molecular weight is 755 g/mol. The molecule has 0 unspecified atom stereocenters. The molecule has 0 amide bonds. The van der Waals surface area contributed by atoms with Crippen LogP contribution in [0.3, 0.4) is 0 Å². The second-order valence-electron chi connectivity index (χ2n) is 16.2. The Hall–Kier alpha value is -7.42. The smallest absolute Gasteiger partial charge is 0.0588 e. The number of hydrogen-bond donors (Lipinski definition) is 0. The Morgan fingerprint density at radius 1 is 0.441 bits per heavy atom. The van der Waals surface area contributed by atoms with Crippen molar-refractivity contribution < 1.29 is 0 Å². The summed E-state index contributed by atoms with van der Waals surface area (Å²) in [5.41, 5.74) is 17.2. The lowest BCUT2D eigenvalue weighted by Gasteiger charge is -2.25. The van der Waals surface area contributed by atoms with Crippen LogP contribution in [0.15, 0.2) is 206 Å². The molecule has 1 aliphatic carbocycles. The zero-order chi connectivity index (χ0) is 39.5. The third-order valence-electron chi connectivity index (χ3n) is 12.3. The zero-order valence-electron chi connectivity index (χ0n) is 33.2. The topological polar surface area (TPSA) is 8.17 Å². The molecule has 9 aromatic carbocycles. The number of rotatable bonds is 7. The first kappa shape index (κ1) is 34.8. The highest BCUT2D eigenvalue weighted by Crippen LogP contribution is 2.53. The third-order valence-corrected chi connectivity index (χ3v) is 12.3. The molecular weight excluding hydrogens is 713 g/mol. The number of aromatic nitrogens is 1. The molecule has 1 heterocycles. The van der Waals surface area contributed by atoms with Crippen molar-refractivity contribution in [2.45, 2.75) is 19.3 Å². The van der Waals surface area contributed by atoms with E-state index < -0.39 is 0 Å². The van der Waals surface area contributed by atoms with Gasteiger partial charge in [-0.05, 0) is 128 Å². The summed E-state index contributed by atoms with van der Waals surface area (Å²) in [4.78, 5) is 2.29. The van der Waals surface area contributed by atoms with E-state index in [9.17, 15) is 0 Å². The summed E-state index contributed by atoms with van der Waals surface area (Å²) in [5.74, 6) is 0. The summed E-state index contributed by atoms with van der Waals surface area (Å²) >= 11 is 0. The third kappa shape index (κ3) is 5.87. The van der Waals surface area contributed by atoms with E-state index in [0.717, 1.165) is 22.6 Å². The van der Waals surface area contributed by atoms with Gasteiger partial charge in [0.2, 0.25) is 0 Å². The largest absolute Gasteiger partial charge is 0.311 e. The average Bonchev–Trinajstić information content (AvgIpc) is 3.75. The van der Waals surface area contributed by atoms with E-state index in [-0.39, 0.29) is 5.41 Å². The quantitative estimate of drug-likeness (QED) is 0.147. The molecule has 0 saturated heterocycles. The fraction of sp³-hybridized carbons (Fsp3) is 0.0526. The Balaban J connectivity index is 0.887. The van der Waals surface area contributed by atoms with Crippen molar-refractivity contribution >= 4 is 61.8 Å². The molecule has 0 atom stereocenters. The second kappa shape index (κ2) is 13.9. The summed E-state index contributed by atoms with van der Waals surface area (Å²) in [6.45, 7) is 4.81. The number of fused-ring (bicyclic) bond motifs is 8. The van der Waals surface area contributed by atoms with Crippen molar-refractivity contribution in [3.63, 3.8) is 0 Å². The predicted octanol–water partition coefficient (Wildman–Crippen LogP) is 15.6. The molecule has 0 fully saturated rings. The van der Waals surface area contributed by atoms with Gasteiger partial charge < -0.3 is 9.47 Å². The van der Waals surface area contributed by atoms with Crippen molar-refractivity contribution in [1.82, 2.24) is 4.57 Å². The molecule has 0 spiro atoms. The van der Waals surface area contributed by atoms with Crippen molar-refractivity contribution in [2.75, 3.05) is 4.90 Å². The number of anilines is 3. The van der Waals surface area contributed by atoms with E-state index in [1.807, 2.05) is 0 Å². The van der Waals surface area contributed by atoms with Gasteiger partial charge in [0.15, 0.2) is 0 Å².